The van der Waals surface area contributed by atoms with E-state index in [0.717, 1.165) is 28.5 Å². The Hall–Kier alpha value is -2.36. The van der Waals surface area contributed by atoms with Crippen LogP contribution in [0.3, 0.4) is 0 Å². The third-order valence-electron chi connectivity index (χ3n) is 3.67. The van der Waals surface area contributed by atoms with E-state index in [4.69, 9.17) is 14.2 Å². The van der Waals surface area contributed by atoms with Crippen molar-refractivity contribution in [1.29, 1.82) is 0 Å². The second-order valence-corrected chi connectivity index (χ2v) is 5.09. The molecule has 4 nitrogen and oxygen atoms in total. The highest BCUT2D eigenvalue weighted by Gasteiger charge is 2.24. The van der Waals surface area contributed by atoms with E-state index in [9.17, 15) is 0 Å². The maximum absolute atomic E-state index is 6.13. The fourth-order valence-electron chi connectivity index (χ4n) is 2.53. The molecule has 0 fully saturated rings. The summed E-state index contributed by atoms with van der Waals surface area (Å²) in [6, 6.07) is 12.0. The highest BCUT2D eigenvalue weighted by Crippen LogP contribution is 2.38. The highest BCUT2D eigenvalue weighted by atomic mass is 16.5. The van der Waals surface area contributed by atoms with Crippen molar-refractivity contribution in [3.8, 4) is 17.2 Å². The Kier molecular flexibility index (Phi) is 3.60. The molecule has 0 saturated carbocycles. The van der Waals surface area contributed by atoms with Gasteiger partial charge in [-0.25, -0.2) is 0 Å². The Morgan fingerprint density at radius 3 is 2.71 bits per heavy atom. The zero-order chi connectivity index (χ0) is 14.8. The Morgan fingerprint density at radius 2 is 1.95 bits per heavy atom. The molecule has 0 radical (unpaired) electrons. The van der Waals surface area contributed by atoms with Crippen LogP contribution in [0, 0.1) is 6.92 Å². The lowest BCUT2D eigenvalue weighted by atomic mass is 10.1. The second kappa shape index (κ2) is 5.56. The van der Waals surface area contributed by atoms with Crippen molar-refractivity contribution in [2.75, 3.05) is 26.1 Å². The summed E-state index contributed by atoms with van der Waals surface area (Å²) in [6.45, 7) is 2.76. The number of anilines is 1. The van der Waals surface area contributed by atoms with Gasteiger partial charge >= 0.3 is 0 Å². The minimum absolute atomic E-state index is 0.0832. The molecule has 0 spiro atoms. The fraction of sp³-hybridized carbons (Fsp3) is 0.294. The molecular weight excluding hydrogens is 266 g/mol. The predicted molar refractivity (Wildman–Crippen MR) is 82.6 cm³/mol. The molecule has 4 heteroatoms. The number of benzene rings is 2. The molecule has 0 bridgehead atoms. The third kappa shape index (κ3) is 2.61. The zero-order valence-corrected chi connectivity index (χ0v) is 12.5. The Labute approximate surface area is 124 Å². The molecular formula is C17H19NO3. The summed E-state index contributed by atoms with van der Waals surface area (Å²) in [5.74, 6) is 2.43. The van der Waals surface area contributed by atoms with Crippen molar-refractivity contribution >= 4 is 5.69 Å². The average molecular weight is 285 g/mol. The van der Waals surface area contributed by atoms with E-state index in [0.29, 0.717) is 6.54 Å². The first-order valence-corrected chi connectivity index (χ1v) is 6.94. The Morgan fingerprint density at radius 1 is 1.10 bits per heavy atom. The first-order valence-electron chi connectivity index (χ1n) is 6.94. The van der Waals surface area contributed by atoms with Crippen LogP contribution >= 0.6 is 0 Å². The van der Waals surface area contributed by atoms with Crippen LogP contribution in [0.4, 0.5) is 5.69 Å². The van der Waals surface area contributed by atoms with E-state index < -0.39 is 0 Å². The summed E-state index contributed by atoms with van der Waals surface area (Å²) in [5, 5.41) is 3.41. The summed E-state index contributed by atoms with van der Waals surface area (Å²) in [6.07, 6.45) is -0.0832. The molecule has 1 N–H and O–H groups in total. The first kappa shape index (κ1) is 13.6. The normalized spacial score (nSPS) is 16.4. The minimum Gasteiger partial charge on any atom is -0.497 e. The monoisotopic (exact) mass is 285 g/mol. The van der Waals surface area contributed by atoms with Crippen LogP contribution in [0.25, 0.3) is 0 Å². The molecule has 21 heavy (non-hydrogen) atoms. The average Bonchev–Trinajstić information content (AvgIpc) is 2.53. The lowest BCUT2D eigenvalue weighted by Crippen LogP contribution is -2.24. The van der Waals surface area contributed by atoms with E-state index >= 15 is 0 Å². The molecule has 0 amide bonds. The third-order valence-corrected chi connectivity index (χ3v) is 3.67. The van der Waals surface area contributed by atoms with Crippen LogP contribution in [-0.4, -0.2) is 20.8 Å². The molecule has 110 valence electrons. The second-order valence-electron chi connectivity index (χ2n) is 5.09. The van der Waals surface area contributed by atoms with Crippen molar-refractivity contribution in [2.45, 2.75) is 13.0 Å². The van der Waals surface area contributed by atoms with Crippen LogP contribution in [0.2, 0.25) is 0 Å². The SMILES string of the molecule is COc1ccc(C2CNc3ccc(C)cc3O2)c(OC)c1. The lowest BCUT2D eigenvalue weighted by Gasteiger charge is -2.29. The number of ether oxygens (including phenoxy) is 3. The van der Waals surface area contributed by atoms with Gasteiger partial charge in [0.15, 0.2) is 0 Å². The minimum atomic E-state index is -0.0832. The van der Waals surface area contributed by atoms with Crippen LogP contribution in [0.1, 0.15) is 17.2 Å². The van der Waals surface area contributed by atoms with E-state index in [1.807, 2.05) is 30.3 Å². The van der Waals surface area contributed by atoms with E-state index in [1.54, 1.807) is 14.2 Å². The van der Waals surface area contributed by atoms with Gasteiger partial charge in [0.2, 0.25) is 0 Å². The number of fused-ring (bicyclic) bond motifs is 1. The maximum Gasteiger partial charge on any atom is 0.145 e. The molecule has 1 heterocycles. The summed E-state index contributed by atoms with van der Waals surface area (Å²) in [5.41, 5.74) is 3.22. The lowest BCUT2D eigenvalue weighted by molar-refractivity contribution is 0.205. The molecule has 0 aromatic heterocycles. The van der Waals surface area contributed by atoms with Gasteiger partial charge in [-0.3, -0.25) is 0 Å². The molecule has 0 aliphatic carbocycles. The fourth-order valence-corrected chi connectivity index (χ4v) is 2.53. The van der Waals surface area contributed by atoms with Gasteiger partial charge in [-0.2, -0.15) is 0 Å². The smallest absolute Gasteiger partial charge is 0.145 e. The molecule has 1 aliphatic heterocycles. The topological polar surface area (TPSA) is 39.7 Å². The molecule has 2 aromatic carbocycles. The standard InChI is InChI=1S/C17H19NO3/c1-11-4-7-14-16(8-11)21-17(10-18-14)13-6-5-12(19-2)9-15(13)20-3/h4-9,17-18H,10H2,1-3H3. The van der Waals surface area contributed by atoms with Gasteiger partial charge in [-0.05, 0) is 36.8 Å². The van der Waals surface area contributed by atoms with Crippen molar-refractivity contribution in [2.24, 2.45) is 0 Å². The van der Waals surface area contributed by atoms with E-state index in [2.05, 4.69) is 18.3 Å². The van der Waals surface area contributed by atoms with Crippen molar-refractivity contribution in [1.82, 2.24) is 0 Å². The summed E-state index contributed by atoms with van der Waals surface area (Å²) < 4.78 is 16.8. The van der Waals surface area contributed by atoms with Crippen molar-refractivity contribution in [3.63, 3.8) is 0 Å². The van der Waals surface area contributed by atoms with Gasteiger partial charge in [0, 0.05) is 11.6 Å². The zero-order valence-electron chi connectivity index (χ0n) is 12.5. The number of aryl methyl sites for hydroxylation is 1. The molecule has 1 unspecified atom stereocenters. The quantitative estimate of drug-likeness (QED) is 0.936. The number of rotatable bonds is 3. The Bertz CT molecular complexity index is 654. The van der Waals surface area contributed by atoms with E-state index in [1.165, 1.54) is 5.56 Å². The van der Waals surface area contributed by atoms with Crippen LogP contribution in [-0.2, 0) is 0 Å². The summed E-state index contributed by atoms with van der Waals surface area (Å²) in [4.78, 5) is 0. The summed E-state index contributed by atoms with van der Waals surface area (Å²) >= 11 is 0. The molecule has 1 atom stereocenters. The van der Waals surface area contributed by atoms with Crippen LogP contribution in [0.5, 0.6) is 17.2 Å². The first-order chi connectivity index (χ1) is 10.2. The van der Waals surface area contributed by atoms with Gasteiger partial charge < -0.3 is 19.5 Å². The highest BCUT2D eigenvalue weighted by molar-refractivity contribution is 5.60. The van der Waals surface area contributed by atoms with Gasteiger partial charge in [0.05, 0.1) is 26.5 Å². The van der Waals surface area contributed by atoms with Crippen molar-refractivity contribution in [3.05, 3.63) is 47.5 Å². The van der Waals surface area contributed by atoms with Crippen molar-refractivity contribution < 1.29 is 14.2 Å². The van der Waals surface area contributed by atoms with E-state index in [-0.39, 0.29) is 6.10 Å². The summed E-state index contributed by atoms with van der Waals surface area (Å²) in [7, 11) is 3.30. The Balaban J connectivity index is 1.92. The molecule has 3 rings (SSSR count). The van der Waals surface area contributed by atoms with Crippen LogP contribution < -0.4 is 19.5 Å². The molecule has 2 aromatic rings. The number of hydrogen-bond acceptors (Lipinski definition) is 4. The van der Waals surface area contributed by atoms with Gasteiger partial charge in [0.25, 0.3) is 0 Å². The maximum atomic E-state index is 6.13. The van der Waals surface area contributed by atoms with Crippen LogP contribution in [0.15, 0.2) is 36.4 Å². The van der Waals surface area contributed by atoms with Gasteiger partial charge in [0.1, 0.15) is 23.4 Å². The molecule has 1 aliphatic rings. The predicted octanol–water partition coefficient (Wildman–Crippen LogP) is 3.56. The van der Waals surface area contributed by atoms with Gasteiger partial charge in [-0.15, -0.1) is 0 Å². The number of methoxy groups -OCH3 is 2. The molecule has 0 saturated heterocycles. The number of nitrogens with one attached hydrogen (secondary N) is 1. The van der Waals surface area contributed by atoms with Gasteiger partial charge in [-0.1, -0.05) is 6.07 Å². The number of hydrogen-bond donors (Lipinski definition) is 1. The largest absolute Gasteiger partial charge is 0.497 e.